The number of halogens is 3. The van der Waals surface area contributed by atoms with Crippen molar-refractivity contribution in [2.45, 2.75) is 12.5 Å². The topological polar surface area (TPSA) is 21.3 Å². The highest BCUT2D eigenvalue weighted by atomic mass is 79.9. The average molecular weight is 417 g/mol. The van der Waals surface area contributed by atoms with Crippen LogP contribution in [0.4, 0.5) is 4.39 Å². The molecule has 0 aliphatic heterocycles. The number of ether oxygens (including phenoxy) is 1. The molecule has 0 bridgehead atoms. The van der Waals surface area contributed by atoms with Crippen LogP contribution in [-0.2, 0) is 6.42 Å². The number of likely N-dealkylation sites (N-methyl/N-ethyl adjacent to an activating group) is 1. The maximum atomic E-state index is 13.7. The number of benzene rings is 2. The summed E-state index contributed by atoms with van der Waals surface area (Å²) in [4.78, 5) is 0. The Morgan fingerprint density at radius 1 is 1.14 bits per heavy atom. The summed E-state index contributed by atoms with van der Waals surface area (Å²) in [7, 11) is 3.52. The van der Waals surface area contributed by atoms with Gasteiger partial charge in [0, 0.05) is 6.04 Å². The molecule has 0 saturated carbocycles. The minimum atomic E-state index is -0.247. The van der Waals surface area contributed by atoms with Crippen LogP contribution < -0.4 is 10.1 Å². The lowest BCUT2D eigenvalue weighted by Gasteiger charge is -2.18. The Morgan fingerprint density at radius 2 is 1.90 bits per heavy atom. The first-order chi connectivity index (χ1) is 10.0. The molecule has 0 aliphatic carbocycles. The monoisotopic (exact) mass is 415 g/mol. The molecular weight excluding hydrogens is 401 g/mol. The molecule has 0 fully saturated rings. The van der Waals surface area contributed by atoms with Crippen molar-refractivity contribution in [3.05, 3.63) is 62.3 Å². The molecule has 1 unspecified atom stereocenters. The van der Waals surface area contributed by atoms with Crippen LogP contribution in [-0.4, -0.2) is 14.2 Å². The van der Waals surface area contributed by atoms with E-state index in [1.165, 1.54) is 0 Å². The second-order valence-electron chi connectivity index (χ2n) is 4.69. The van der Waals surface area contributed by atoms with Gasteiger partial charge in [-0.25, -0.2) is 4.39 Å². The van der Waals surface area contributed by atoms with E-state index in [1.807, 2.05) is 31.3 Å². The maximum Gasteiger partial charge on any atom is 0.137 e. The van der Waals surface area contributed by atoms with Crippen molar-refractivity contribution in [1.82, 2.24) is 5.32 Å². The van der Waals surface area contributed by atoms with Crippen molar-refractivity contribution in [3.63, 3.8) is 0 Å². The van der Waals surface area contributed by atoms with E-state index in [2.05, 4.69) is 37.2 Å². The number of hydrogen-bond donors (Lipinski definition) is 1. The van der Waals surface area contributed by atoms with Gasteiger partial charge in [-0.2, -0.15) is 0 Å². The Balaban J connectivity index is 2.22. The minimum Gasteiger partial charge on any atom is -0.496 e. The van der Waals surface area contributed by atoms with Crippen molar-refractivity contribution < 1.29 is 9.13 Å². The van der Waals surface area contributed by atoms with E-state index in [0.29, 0.717) is 4.47 Å². The lowest BCUT2D eigenvalue weighted by Crippen LogP contribution is -2.19. The standard InChI is InChI=1S/C16H16Br2FNO/c1-20-15(11-4-5-12(17)14(19)9-11)8-10-3-6-16(21-2)13(18)7-10/h3-7,9,15,20H,8H2,1-2H3. The molecule has 21 heavy (non-hydrogen) atoms. The highest BCUT2D eigenvalue weighted by Gasteiger charge is 2.13. The van der Waals surface area contributed by atoms with E-state index in [4.69, 9.17) is 4.74 Å². The fourth-order valence-corrected chi connectivity index (χ4v) is 3.02. The first kappa shape index (κ1) is 16.5. The summed E-state index contributed by atoms with van der Waals surface area (Å²) in [6.07, 6.45) is 0.764. The van der Waals surface area contributed by atoms with Gasteiger partial charge in [-0.15, -0.1) is 0 Å². The first-order valence-corrected chi connectivity index (χ1v) is 8.08. The van der Waals surface area contributed by atoms with Crippen molar-refractivity contribution >= 4 is 31.9 Å². The predicted octanol–water partition coefficient (Wildman–Crippen LogP) is 4.86. The number of hydrogen-bond acceptors (Lipinski definition) is 2. The molecule has 0 radical (unpaired) electrons. The summed E-state index contributed by atoms with van der Waals surface area (Å²) in [5, 5.41) is 3.23. The van der Waals surface area contributed by atoms with E-state index in [0.717, 1.165) is 27.8 Å². The summed E-state index contributed by atoms with van der Waals surface area (Å²) in [6, 6.07) is 11.2. The van der Waals surface area contributed by atoms with Crippen LogP contribution in [0.15, 0.2) is 45.3 Å². The van der Waals surface area contributed by atoms with Crippen LogP contribution in [0.5, 0.6) is 5.75 Å². The zero-order valence-electron chi connectivity index (χ0n) is 11.8. The third-order valence-electron chi connectivity index (χ3n) is 3.35. The third-order valence-corrected chi connectivity index (χ3v) is 4.61. The molecule has 0 saturated heterocycles. The van der Waals surface area contributed by atoms with Gasteiger partial charge in [0.15, 0.2) is 0 Å². The summed E-state index contributed by atoms with van der Waals surface area (Å²) in [6.45, 7) is 0. The van der Waals surface area contributed by atoms with Crippen LogP contribution in [0.3, 0.4) is 0 Å². The lowest BCUT2D eigenvalue weighted by atomic mass is 9.99. The lowest BCUT2D eigenvalue weighted by molar-refractivity contribution is 0.412. The zero-order chi connectivity index (χ0) is 15.4. The minimum absolute atomic E-state index is 0.0490. The second kappa shape index (κ2) is 7.38. The largest absolute Gasteiger partial charge is 0.496 e. The van der Waals surface area contributed by atoms with E-state index in [-0.39, 0.29) is 11.9 Å². The molecule has 0 spiro atoms. The van der Waals surface area contributed by atoms with Gasteiger partial charge in [0.2, 0.25) is 0 Å². The molecule has 0 amide bonds. The van der Waals surface area contributed by atoms with Crippen LogP contribution >= 0.6 is 31.9 Å². The van der Waals surface area contributed by atoms with E-state index in [1.54, 1.807) is 19.2 Å². The molecule has 0 aliphatic rings. The van der Waals surface area contributed by atoms with Crippen molar-refractivity contribution in [2.24, 2.45) is 0 Å². The molecule has 2 aromatic rings. The molecule has 1 N–H and O–H groups in total. The Kier molecular flexibility index (Phi) is 5.79. The van der Waals surface area contributed by atoms with E-state index >= 15 is 0 Å². The Labute approximate surface area is 141 Å². The molecule has 2 rings (SSSR count). The Bertz CT molecular complexity index is 634. The van der Waals surface area contributed by atoms with Gasteiger partial charge in [0.25, 0.3) is 0 Å². The average Bonchev–Trinajstić information content (AvgIpc) is 2.48. The highest BCUT2D eigenvalue weighted by molar-refractivity contribution is 9.10. The van der Waals surface area contributed by atoms with Crippen LogP contribution in [0, 0.1) is 5.82 Å². The molecule has 0 aromatic heterocycles. The smallest absolute Gasteiger partial charge is 0.137 e. The van der Waals surface area contributed by atoms with Gasteiger partial charge >= 0.3 is 0 Å². The van der Waals surface area contributed by atoms with E-state index < -0.39 is 0 Å². The fourth-order valence-electron chi connectivity index (χ4n) is 2.19. The van der Waals surface area contributed by atoms with E-state index in [9.17, 15) is 4.39 Å². The Morgan fingerprint density at radius 3 is 2.48 bits per heavy atom. The highest BCUT2D eigenvalue weighted by Crippen LogP contribution is 2.28. The van der Waals surface area contributed by atoms with Crippen molar-refractivity contribution in [1.29, 1.82) is 0 Å². The van der Waals surface area contributed by atoms with Crippen molar-refractivity contribution in [3.8, 4) is 5.75 Å². The van der Waals surface area contributed by atoms with Gasteiger partial charge in [0.1, 0.15) is 11.6 Å². The summed E-state index contributed by atoms with van der Waals surface area (Å²) < 4.78 is 20.3. The first-order valence-electron chi connectivity index (χ1n) is 6.49. The molecule has 2 nitrogen and oxygen atoms in total. The number of nitrogens with one attached hydrogen (secondary N) is 1. The molecule has 5 heteroatoms. The zero-order valence-corrected chi connectivity index (χ0v) is 15.0. The normalized spacial score (nSPS) is 12.2. The number of methoxy groups -OCH3 is 1. The predicted molar refractivity (Wildman–Crippen MR) is 90.3 cm³/mol. The van der Waals surface area contributed by atoms with Gasteiger partial charge in [-0.05, 0) is 80.7 Å². The quantitative estimate of drug-likeness (QED) is 0.751. The molecule has 112 valence electrons. The molecular formula is C16H16Br2FNO. The fraction of sp³-hybridized carbons (Fsp3) is 0.250. The third kappa shape index (κ3) is 4.05. The SMILES string of the molecule is CNC(Cc1ccc(OC)c(Br)c1)c1ccc(Br)c(F)c1. The molecule has 1 atom stereocenters. The Hall–Kier alpha value is -0.910. The van der Waals surface area contributed by atoms with Crippen LogP contribution in [0.1, 0.15) is 17.2 Å². The van der Waals surface area contributed by atoms with Gasteiger partial charge in [-0.1, -0.05) is 12.1 Å². The van der Waals surface area contributed by atoms with Crippen LogP contribution in [0.25, 0.3) is 0 Å². The van der Waals surface area contributed by atoms with Crippen LogP contribution in [0.2, 0.25) is 0 Å². The van der Waals surface area contributed by atoms with Gasteiger partial charge < -0.3 is 10.1 Å². The summed E-state index contributed by atoms with van der Waals surface area (Å²) in [5.74, 6) is 0.554. The van der Waals surface area contributed by atoms with Gasteiger partial charge in [-0.3, -0.25) is 0 Å². The van der Waals surface area contributed by atoms with Gasteiger partial charge in [0.05, 0.1) is 16.1 Å². The van der Waals surface area contributed by atoms with Crippen molar-refractivity contribution in [2.75, 3.05) is 14.2 Å². The molecule has 0 heterocycles. The number of rotatable bonds is 5. The summed E-state index contributed by atoms with van der Waals surface area (Å²) in [5.41, 5.74) is 2.07. The second-order valence-corrected chi connectivity index (χ2v) is 6.40. The maximum absolute atomic E-state index is 13.7. The summed E-state index contributed by atoms with van der Waals surface area (Å²) >= 11 is 6.66. The molecule has 2 aromatic carbocycles.